The molecule has 7 nitrogen and oxygen atoms in total. The van der Waals surface area contributed by atoms with Crippen molar-refractivity contribution in [3.63, 3.8) is 0 Å². The molecule has 138 valence electrons. The lowest BCUT2D eigenvalue weighted by Crippen LogP contribution is -2.18. The van der Waals surface area contributed by atoms with Crippen molar-refractivity contribution in [3.8, 4) is 11.3 Å². The Labute approximate surface area is 161 Å². The molecule has 8 heteroatoms. The van der Waals surface area contributed by atoms with Crippen LogP contribution >= 0.6 is 11.6 Å². The molecule has 3 rings (SSSR count). The highest BCUT2D eigenvalue weighted by Gasteiger charge is 2.07. The molecule has 0 unspecified atom stereocenters. The normalized spacial score (nSPS) is 10.4. The van der Waals surface area contributed by atoms with Crippen molar-refractivity contribution in [1.29, 1.82) is 0 Å². The number of carbonyl (C=O) groups is 1. The van der Waals surface area contributed by atoms with Gasteiger partial charge in [0.1, 0.15) is 12.4 Å². The van der Waals surface area contributed by atoms with Crippen LogP contribution in [0.1, 0.15) is 6.92 Å². The molecule has 1 amide bonds. The second-order valence-electron chi connectivity index (χ2n) is 5.57. The quantitative estimate of drug-likeness (QED) is 0.643. The van der Waals surface area contributed by atoms with E-state index in [1.807, 2.05) is 19.1 Å². The average Bonchev–Trinajstić information content (AvgIpc) is 2.67. The van der Waals surface area contributed by atoms with Crippen molar-refractivity contribution in [1.82, 2.24) is 15.0 Å². The zero-order valence-electron chi connectivity index (χ0n) is 14.6. The lowest BCUT2D eigenvalue weighted by molar-refractivity contribution is -0.120. The smallest absolute Gasteiger partial charge is 0.250 e. The summed E-state index contributed by atoms with van der Waals surface area (Å²) in [5, 5.41) is 6.53. The molecule has 2 heterocycles. The highest BCUT2D eigenvalue weighted by atomic mass is 35.5. The Balaban J connectivity index is 1.76. The molecule has 0 radical (unpaired) electrons. The number of hydrogen-bond donors (Lipinski definition) is 2. The van der Waals surface area contributed by atoms with Gasteiger partial charge in [0.05, 0.1) is 30.0 Å². The van der Waals surface area contributed by atoms with Crippen LogP contribution in [-0.2, 0) is 9.53 Å². The minimum atomic E-state index is -0.238. The van der Waals surface area contributed by atoms with Crippen LogP contribution in [-0.4, -0.2) is 34.1 Å². The lowest BCUT2D eigenvalue weighted by atomic mass is 10.2. The number of benzene rings is 1. The number of ether oxygens (including phenoxy) is 1. The van der Waals surface area contributed by atoms with Gasteiger partial charge in [0, 0.05) is 29.1 Å². The van der Waals surface area contributed by atoms with E-state index in [9.17, 15) is 4.79 Å². The average molecular weight is 384 g/mol. The van der Waals surface area contributed by atoms with Gasteiger partial charge in [-0.3, -0.25) is 14.8 Å². The van der Waals surface area contributed by atoms with Gasteiger partial charge in [-0.05, 0) is 31.2 Å². The number of halogens is 1. The fourth-order valence-electron chi connectivity index (χ4n) is 2.32. The van der Waals surface area contributed by atoms with Crippen LogP contribution < -0.4 is 10.6 Å². The molecule has 27 heavy (non-hydrogen) atoms. The van der Waals surface area contributed by atoms with Gasteiger partial charge in [0.25, 0.3) is 0 Å². The third-order valence-corrected chi connectivity index (χ3v) is 3.72. The lowest BCUT2D eigenvalue weighted by Gasteiger charge is -2.09. The second kappa shape index (κ2) is 9.07. The van der Waals surface area contributed by atoms with Crippen LogP contribution in [0.25, 0.3) is 11.3 Å². The fourth-order valence-corrected chi connectivity index (χ4v) is 2.51. The molecule has 0 atom stereocenters. The predicted molar refractivity (Wildman–Crippen MR) is 105 cm³/mol. The molecular formula is C19H18ClN5O2. The van der Waals surface area contributed by atoms with E-state index >= 15 is 0 Å². The maximum Gasteiger partial charge on any atom is 0.250 e. The molecule has 0 saturated carbocycles. The van der Waals surface area contributed by atoms with Crippen molar-refractivity contribution in [2.75, 3.05) is 23.8 Å². The van der Waals surface area contributed by atoms with E-state index in [1.54, 1.807) is 43.0 Å². The van der Waals surface area contributed by atoms with Crippen LogP contribution in [0.15, 0.2) is 55.1 Å². The topological polar surface area (TPSA) is 89.0 Å². The summed E-state index contributed by atoms with van der Waals surface area (Å²) in [6, 6.07) is 9.11. The van der Waals surface area contributed by atoms with E-state index in [-0.39, 0.29) is 12.5 Å². The molecule has 3 aromatic rings. The van der Waals surface area contributed by atoms with Gasteiger partial charge < -0.3 is 15.4 Å². The second-order valence-corrected chi connectivity index (χ2v) is 6.01. The molecule has 0 aliphatic carbocycles. The number of rotatable bonds is 7. The van der Waals surface area contributed by atoms with Crippen molar-refractivity contribution >= 4 is 34.7 Å². The predicted octanol–water partition coefficient (Wildman–Crippen LogP) is 3.91. The SMILES string of the molecule is CCOCC(=O)Nc1cncc(-c2cncc(Nc3cccc(Cl)c3)n2)c1. The molecular weight excluding hydrogens is 366 g/mol. The summed E-state index contributed by atoms with van der Waals surface area (Å²) in [5.41, 5.74) is 2.72. The molecule has 0 fully saturated rings. The molecule has 0 bridgehead atoms. The number of amides is 1. The molecule has 0 saturated heterocycles. The van der Waals surface area contributed by atoms with Gasteiger partial charge in [-0.15, -0.1) is 0 Å². The van der Waals surface area contributed by atoms with E-state index in [2.05, 4.69) is 25.6 Å². The van der Waals surface area contributed by atoms with Crippen LogP contribution in [0, 0.1) is 0 Å². The summed E-state index contributed by atoms with van der Waals surface area (Å²) in [5.74, 6) is 0.332. The molecule has 0 aliphatic heterocycles. The summed E-state index contributed by atoms with van der Waals surface area (Å²) in [7, 11) is 0. The molecule has 0 aliphatic rings. The number of nitrogens with zero attached hydrogens (tertiary/aromatic N) is 3. The Morgan fingerprint density at radius 3 is 2.78 bits per heavy atom. The third-order valence-electron chi connectivity index (χ3n) is 3.49. The third kappa shape index (κ3) is 5.47. The van der Waals surface area contributed by atoms with Crippen LogP contribution in [0.3, 0.4) is 0 Å². The Hall–Kier alpha value is -3.03. The van der Waals surface area contributed by atoms with Gasteiger partial charge in [-0.2, -0.15) is 0 Å². The number of nitrogens with one attached hydrogen (secondary N) is 2. The Bertz CT molecular complexity index is 935. The molecule has 1 aromatic carbocycles. The standard InChI is InChI=1S/C19H18ClN5O2/c1-2-27-12-19(26)24-16-6-13(8-21-9-16)17-10-22-11-18(25-17)23-15-5-3-4-14(20)7-15/h3-11H,2,12H2,1H3,(H,23,25)(H,24,26). The van der Waals surface area contributed by atoms with Crippen molar-refractivity contribution in [2.24, 2.45) is 0 Å². The summed E-state index contributed by atoms with van der Waals surface area (Å²) >= 11 is 6.00. The van der Waals surface area contributed by atoms with Crippen molar-refractivity contribution < 1.29 is 9.53 Å². The first-order chi connectivity index (χ1) is 13.1. The van der Waals surface area contributed by atoms with E-state index < -0.39 is 0 Å². The summed E-state index contributed by atoms with van der Waals surface area (Å²) < 4.78 is 5.09. The Kier molecular flexibility index (Phi) is 6.30. The summed E-state index contributed by atoms with van der Waals surface area (Å²) in [6.07, 6.45) is 6.47. The zero-order chi connectivity index (χ0) is 19.1. The molecule has 0 spiro atoms. The minimum absolute atomic E-state index is 0.000423. The molecule has 2 aromatic heterocycles. The first-order valence-corrected chi connectivity index (χ1v) is 8.69. The monoisotopic (exact) mass is 383 g/mol. The van der Waals surface area contributed by atoms with E-state index in [1.165, 1.54) is 0 Å². The highest BCUT2D eigenvalue weighted by Crippen LogP contribution is 2.22. The van der Waals surface area contributed by atoms with Crippen molar-refractivity contribution in [3.05, 3.63) is 60.1 Å². The first-order valence-electron chi connectivity index (χ1n) is 8.31. The summed E-state index contributed by atoms with van der Waals surface area (Å²) in [4.78, 5) is 24.7. The number of pyridine rings is 1. The Morgan fingerprint density at radius 1 is 1.11 bits per heavy atom. The Morgan fingerprint density at radius 2 is 1.96 bits per heavy atom. The van der Waals surface area contributed by atoms with Gasteiger partial charge in [0.15, 0.2) is 0 Å². The minimum Gasteiger partial charge on any atom is -0.372 e. The van der Waals surface area contributed by atoms with Crippen LogP contribution in [0.4, 0.5) is 17.2 Å². The van der Waals surface area contributed by atoms with Gasteiger partial charge >= 0.3 is 0 Å². The maximum absolute atomic E-state index is 11.8. The van der Waals surface area contributed by atoms with E-state index in [0.717, 1.165) is 11.3 Å². The highest BCUT2D eigenvalue weighted by molar-refractivity contribution is 6.30. The van der Waals surface area contributed by atoms with Crippen LogP contribution in [0.5, 0.6) is 0 Å². The van der Waals surface area contributed by atoms with Gasteiger partial charge in [-0.1, -0.05) is 17.7 Å². The van der Waals surface area contributed by atoms with E-state index in [4.69, 9.17) is 16.3 Å². The van der Waals surface area contributed by atoms with Crippen LogP contribution in [0.2, 0.25) is 5.02 Å². The number of aromatic nitrogens is 3. The van der Waals surface area contributed by atoms with Gasteiger partial charge in [0.2, 0.25) is 5.91 Å². The largest absolute Gasteiger partial charge is 0.372 e. The van der Waals surface area contributed by atoms with Crippen molar-refractivity contribution in [2.45, 2.75) is 6.92 Å². The number of anilines is 3. The maximum atomic E-state index is 11.8. The number of hydrogen-bond acceptors (Lipinski definition) is 6. The molecule has 2 N–H and O–H groups in total. The zero-order valence-corrected chi connectivity index (χ0v) is 15.4. The van der Waals surface area contributed by atoms with E-state index in [0.29, 0.717) is 28.8 Å². The number of carbonyl (C=O) groups excluding carboxylic acids is 1. The summed E-state index contributed by atoms with van der Waals surface area (Å²) in [6.45, 7) is 2.31. The first kappa shape index (κ1) is 18.8. The fraction of sp³-hybridized carbons (Fsp3) is 0.158. The van der Waals surface area contributed by atoms with Gasteiger partial charge in [-0.25, -0.2) is 4.98 Å².